The van der Waals surface area contributed by atoms with Gasteiger partial charge in [0.25, 0.3) is 0 Å². The minimum atomic E-state index is 0.217. The SMILES string of the molecule is CCN(CCOC)CCC(=O)c1cccc(C)c1. The van der Waals surface area contributed by atoms with Crippen LogP contribution in [0.15, 0.2) is 24.3 Å². The summed E-state index contributed by atoms with van der Waals surface area (Å²) in [5, 5.41) is 0. The average Bonchev–Trinajstić information content (AvgIpc) is 2.38. The van der Waals surface area contributed by atoms with Crippen molar-refractivity contribution in [1.29, 1.82) is 0 Å². The first-order valence-corrected chi connectivity index (χ1v) is 6.48. The molecule has 0 unspecified atom stereocenters. The molecule has 0 saturated carbocycles. The Morgan fingerprint density at radius 1 is 1.33 bits per heavy atom. The molecule has 0 amide bonds. The van der Waals surface area contributed by atoms with Crippen LogP contribution in [0.1, 0.15) is 29.3 Å². The van der Waals surface area contributed by atoms with E-state index in [1.165, 1.54) is 0 Å². The topological polar surface area (TPSA) is 29.5 Å². The molecule has 0 aliphatic carbocycles. The number of hydrogen-bond donors (Lipinski definition) is 0. The number of ether oxygens (including phenoxy) is 1. The Kier molecular flexibility index (Phi) is 6.61. The lowest BCUT2D eigenvalue weighted by molar-refractivity contribution is 0.0952. The second-order valence-corrected chi connectivity index (χ2v) is 4.47. The molecule has 1 aromatic carbocycles. The lowest BCUT2D eigenvalue weighted by Gasteiger charge is -2.19. The molecule has 0 radical (unpaired) electrons. The van der Waals surface area contributed by atoms with Crippen molar-refractivity contribution in [2.24, 2.45) is 0 Å². The summed E-state index contributed by atoms with van der Waals surface area (Å²) >= 11 is 0. The fraction of sp³-hybridized carbons (Fsp3) is 0.533. The van der Waals surface area contributed by atoms with Gasteiger partial charge in [-0.15, -0.1) is 0 Å². The van der Waals surface area contributed by atoms with Crippen molar-refractivity contribution in [2.45, 2.75) is 20.3 Å². The lowest BCUT2D eigenvalue weighted by atomic mass is 10.1. The van der Waals surface area contributed by atoms with Crippen LogP contribution in [0.2, 0.25) is 0 Å². The summed E-state index contributed by atoms with van der Waals surface area (Å²) in [6, 6.07) is 7.79. The number of hydrogen-bond acceptors (Lipinski definition) is 3. The zero-order valence-corrected chi connectivity index (χ0v) is 11.6. The van der Waals surface area contributed by atoms with Crippen LogP contribution in [0, 0.1) is 6.92 Å². The molecule has 0 saturated heterocycles. The molecular weight excluding hydrogens is 226 g/mol. The number of likely N-dealkylation sites (N-methyl/N-ethyl adjacent to an activating group) is 1. The van der Waals surface area contributed by atoms with Gasteiger partial charge in [0, 0.05) is 32.2 Å². The number of methoxy groups -OCH3 is 1. The van der Waals surface area contributed by atoms with Crippen LogP contribution in [0.5, 0.6) is 0 Å². The van der Waals surface area contributed by atoms with Crippen LogP contribution in [-0.4, -0.2) is 44.0 Å². The molecule has 0 heterocycles. The Bertz CT molecular complexity index is 377. The zero-order valence-electron chi connectivity index (χ0n) is 11.6. The standard InChI is InChI=1S/C15H23NO2/c1-4-16(10-11-18-3)9-8-15(17)14-7-5-6-13(2)12-14/h5-7,12H,4,8-11H2,1-3H3. The minimum Gasteiger partial charge on any atom is -0.383 e. The summed E-state index contributed by atoms with van der Waals surface area (Å²) in [7, 11) is 1.70. The van der Waals surface area contributed by atoms with E-state index in [-0.39, 0.29) is 5.78 Å². The van der Waals surface area contributed by atoms with Gasteiger partial charge in [-0.3, -0.25) is 4.79 Å². The largest absolute Gasteiger partial charge is 0.383 e. The summed E-state index contributed by atoms with van der Waals surface area (Å²) in [6.45, 7) is 7.46. The molecule has 100 valence electrons. The number of nitrogens with zero attached hydrogens (tertiary/aromatic N) is 1. The van der Waals surface area contributed by atoms with Gasteiger partial charge in [-0.2, -0.15) is 0 Å². The summed E-state index contributed by atoms with van der Waals surface area (Å²) in [6.07, 6.45) is 0.570. The predicted molar refractivity (Wildman–Crippen MR) is 74.1 cm³/mol. The quantitative estimate of drug-likeness (QED) is 0.663. The first-order valence-electron chi connectivity index (χ1n) is 6.48. The molecule has 1 aromatic rings. The van der Waals surface area contributed by atoms with Crippen molar-refractivity contribution >= 4 is 5.78 Å². The highest BCUT2D eigenvalue weighted by atomic mass is 16.5. The molecule has 0 atom stereocenters. The highest BCUT2D eigenvalue weighted by Crippen LogP contribution is 2.07. The molecule has 0 N–H and O–H groups in total. The van der Waals surface area contributed by atoms with Crippen LogP contribution in [0.25, 0.3) is 0 Å². The van der Waals surface area contributed by atoms with E-state index in [4.69, 9.17) is 4.74 Å². The monoisotopic (exact) mass is 249 g/mol. The van der Waals surface area contributed by atoms with E-state index in [9.17, 15) is 4.79 Å². The Morgan fingerprint density at radius 2 is 2.11 bits per heavy atom. The molecule has 3 heteroatoms. The van der Waals surface area contributed by atoms with Crippen molar-refractivity contribution in [3.8, 4) is 0 Å². The maximum absolute atomic E-state index is 12.0. The van der Waals surface area contributed by atoms with Crippen molar-refractivity contribution in [1.82, 2.24) is 4.90 Å². The molecule has 18 heavy (non-hydrogen) atoms. The summed E-state index contributed by atoms with van der Waals surface area (Å²) < 4.78 is 5.05. The maximum atomic E-state index is 12.0. The minimum absolute atomic E-state index is 0.217. The Balaban J connectivity index is 2.44. The first-order chi connectivity index (χ1) is 8.67. The van der Waals surface area contributed by atoms with Gasteiger partial charge in [-0.05, 0) is 19.5 Å². The Morgan fingerprint density at radius 3 is 2.72 bits per heavy atom. The number of Topliss-reactive ketones (excluding diaryl/α,β-unsaturated/α-hetero) is 1. The molecule has 0 fully saturated rings. The van der Waals surface area contributed by atoms with Crippen molar-refractivity contribution in [3.05, 3.63) is 35.4 Å². The molecule has 0 spiro atoms. The second kappa shape index (κ2) is 8.01. The highest BCUT2D eigenvalue weighted by Gasteiger charge is 2.08. The number of carbonyl (C=O) groups excluding carboxylic acids is 1. The smallest absolute Gasteiger partial charge is 0.164 e. The molecule has 0 bridgehead atoms. The number of benzene rings is 1. The molecule has 3 nitrogen and oxygen atoms in total. The van der Waals surface area contributed by atoms with Gasteiger partial charge in [0.2, 0.25) is 0 Å². The Labute approximate surface area is 110 Å². The fourth-order valence-corrected chi connectivity index (χ4v) is 1.87. The van der Waals surface area contributed by atoms with Gasteiger partial charge in [0.05, 0.1) is 6.61 Å². The van der Waals surface area contributed by atoms with E-state index in [0.29, 0.717) is 13.0 Å². The second-order valence-electron chi connectivity index (χ2n) is 4.47. The normalized spacial score (nSPS) is 10.9. The summed E-state index contributed by atoms with van der Waals surface area (Å²) in [5.74, 6) is 0.217. The number of carbonyl (C=O) groups is 1. The number of ketones is 1. The van der Waals surface area contributed by atoms with Crippen LogP contribution in [0.4, 0.5) is 0 Å². The third-order valence-electron chi connectivity index (χ3n) is 3.05. The van der Waals surface area contributed by atoms with Gasteiger partial charge in [0.15, 0.2) is 5.78 Å². The molecule has 0 aliphatic rings. The molecular formula is C15H23NO2. The molecule has 0 aromatic heterocycles. The summed E-state index contributed by atoms with van der Waals surface area (Å²) in [4.78, 5) is 14.3. The van der Waals surface area contributed by atoms with Crippen molar-refractivity contribution in [2.75, 3.05) is 33.4 Å². The predicted octanol–water partition coefficient (Wildman–Crippen LogP) is 2.54. The van der Waals surface area contributed by atoms with Gasteiger partial charge >= 0.3 is 0 Å². The number of rotatable bonds is 8. The highest BCUT2D eigenvalue weighted by molar-refractivity contribution is 5.96. The maximum Gasteiger partial charge on any atom is 0.164 e. The first kappa shape index (κ1) is 14.9. The van der Waals surface area contributed by atoms with Gasteiger partial charge in [-0.25, -0.2) is 0 Å². The van der Waals surface area contributed by atoms with Crippen LogP contribution < -0.4 is 0 Å². The number of aryl methyl sites for hydroxylation is 1. The third-order valence-corrected chi connectivity index (χ3v) is 3.05. The summed E-state index contributed by atoms with van der Waals surface area (Å²) in [5.41, 5.74) is 1.95. The third kappa shape index (κ3) is 4.98. The van der Waals surface area contributed by atoms with Crippen molar-refractivity contribution < 1.29 is 9.53 Å². The Hall–Kier alpha value is -1.19. The zero-order chi connectivity index (χ0) is 13.4. The van der Waals surface area contributed by atoms with Crippen LogP contribution >= 0.6 is 0 Å². The van der Waals surface area contributed by atoms with E-state index in [1.807, 2.05) is 31.2 Å². The van der Waals surface area contributed by atoms with Crippen LogP contribution in [-0.2, 0) is 4.74 Å². The van der Waals surface area contributed by atoms with E-state index in [1.54, 1.807) is 7.11 Å². The van der Waals surface area contributed by atoms with Crippen molar-refractivity contribution in [3.63, 3.8) is 0 Å². The fourth-order valence-electron chi connectivity index (χ4n) is 1.87. The lowest BCUT2D eigenvalue weighted by Crippen LogP contribution is -2.29. The molecule has 0 aliphatic heterocycles. The molecule has 1 rings (SSSR count). The van der Waals surface area contributed by atoms with Crippen LogP contribution in [0.3, 0.4) is 0 Å². The average molecular weight is 249 g/mol. The van der Waals surface area contributed by atoms with Gasteiger partial charge < -0.3 is 9.64 Å². The van der Waals surface area contributed by atoms with E-state index >= 15 is 0 Å². The van der Waals surface area contributed by atoms with E-state index in [0.717, 1.165) is 30.8 Å². The van der Waals surface area contributed by atoms with E-state index in [2.05, 4.69) is 11.8 Å². The van der Waals surface area contributed by atoms with E-state index < -0.39 is 0 Å². The van der Waals surface area contributed by atoms with Gasteiger partial charge in [0.1, 0.15) is 0 Å². The van der Waals surface area contributed by atoms with Gasteiger partial charge in [-0.1, -0.05) is 30.7 Å².